The molecule has 3 aliphatic carbocycles. The molecule has 3 fully saturated rings. The normalized spacial score (nSPS) is 36.9. The lowest BCUT2D eigenvalue weighted by atomic mass is 9.69. The first kappa shape index (κ1) is 21.1. The Morgan fingerprint density at radius 1 is 0.963 bits per heavy atom. The molecule has 27 heavy (non-hydrogen) atoms. The fraction of sp³-hybridized carbons (Fsp3) is 0.840. The molecule has 1 unspecified atom stereocenters. The largest absolute Gasteiger partial charge is 0.388 e. The molecule has 154 valence electrons. The maximum Gasteiger partial charge on any atom is 0.0809 e. The third kappa shape index (κ3) is 5.48. The van der Waals surface area contributed by atoms with Gasteiger partial charge < -0.3 is 10.2 Å². The minimum Gasteiger partial charge on any atom is -0.388 e. The predicted molar refractivity (Wildman–Crippen MR) is 113 cm³/mol. The molecule has 0 amide bonds. The molecule has 0 radical (unpaired) electrons. The number of aliphatic hydroxyl groups excluding tert-OH is 2. The summed E-state index contributed by atoms with van der Waals surface area (Å²) in [6, 6.07) is 0. The molecule has 0 saturated heterocycles. The van der Waals surface area contributed by atoms with Crippen LogP contribution in [0.2, 0.25) is 0 Å². The second-order valence-electron chi connectivity index (χ2n) is 10.1. The van der Waals surface area contributed by atoms with E-state index >= 15 is 0 Å². The molecule has 0 aromatic carbocycles. The van der Waals surface area contributed by atoms with Crippen molar-refractivity contribution in [1.82, 2.24) is 0 Å². The van der Waals surface area contributed by atoms with Crippen LogP contribution < -0.4 is 0 Å². The van der Waals surface area contributed by atoms with Crippen LogP contribution in [0.1, 0.15) is 90.9 Å². The SMILES string of the molecule is C=C1[C@H](O)CC(=CCC2CCC[C@@H]3[C@@H](CCCCC(C)C)CC[C@@H]23)C[C@H]1O. The molecule has 0 aromatic heterocycles. The van der Waals surface area contributed by atoms with Gasteiger partial charge >= 0.3 is 0 Å². The highest BCUT2D eigenvalue weighted by Gasteiger charge is 2.41. The zero-order valence-corrected chi connectivity index (χ0v) is 17.7. The lowest BCUT2D eigenvalue weighted by molar-refractivity contribution is 0.122. The molecule has 2 N–H and O–H groups in total. The van der Waals surface area contributed by atoms with Crippen molar-refractivity contribution in [3.05, 3.63) is 23.8 Å². The summed E-state index contributed by atoms with van der Waals surface area (Å²) in [5.74, 6) is 4.57. The Labute approximate surface area is 167 Å². The van der Waals surface area contributed by atoms with Crippen LogP contribution in [0.3, 0.4) is 0 Å². The van der Waals surface area contributed by atoms with Gasteiger partial charge in [-0.3, -0.25) is 0 Å². The van der Waals surface area contributed by atoms with E-state index < -0.39 is 12.2 Å². The van der Waals surface area contributed by atoms with Crippen molar-refractivity contribution in [1.29, 1.82) is 0 Å². The van der Waals surface area contributed by atoms with Gasteiger partial charge in [0.2, 0.25) is 0 Å². The van der Waals surface area contributed by atoms with Gasteiger partial charge in [-0.05, 0) is 80.1 Å². The summed E-state index contributed by atoms with van der Waals surface area (Å²) in [4.78, 5) is 0. The van der Waals surface area contributed by atoms with E-state index in [2.05, 4.69) is 26.5 Å². The van der Waals surface area contributed by atoms with Gasteiger partial charge in [-0.25, -0.2) is 0 Å². The van der Waals surface area contributed by atoms with Gasteiger partial charge in [-0.2, -0.15) is 0 Å². The Morgan fingerprint density at radius 2 is 1.67 bits per heavy atom. The summed E-state index contributed by atoms with van der Waals surface area (Å²) in [5, 5.41) is 20.2. The van der Waals surface area contributed by atoms with Gasteiger partial charge in [-0.1, -0.05) is 64.2 Å². The van der Waals surface area contributed by atoms with Crippen molar-refractivity contribution in [3.63, 3.8) is 0 Å². The lowest BCUT2D eigenvalue weighted by Gasteiger charge is -2.36. The maximum atomic E-state index is 10.1. The second kappa shape index (κ2) is 9.74. The Kier molecular flexibility index (Phi) is 7.62. The third-order valence-electron chi connectivity index (χ3n) is 7.83. The monoisotopic (exact) mass is 374 g/mol. The molecule has 3 saturated carbocycles. The molecule has 2 heteroatoms. The van der Waals surface area contributed by atoms with E-state index in [1.165, 1.54) is 63.4 Å². The molecule has 2 nitrogen and oxygen atoms in total. The van der Waals surface area contributed by atoms with E-state index in [-0.39, 0.29) is 0 Å². The highest BCUT2D eigenvalue weighted by atomic mass is 16.3. The number of fused-ring (bicyclic) bond motifs is 1. The van der Waals surface area contributed by atoms with Crippen molar-refractivity contribution < 1.29 is 10.2 Å². The summed E-state index contributed by atoms with van der Waals surface area (Å²) in [7, 11) is 0. The van der Waals surface area contributed by atoms with E-state index in [1.54, 1.807) is 0 Å². The van der Waals surface area contributed by atoms with Crippen LogP contribution in [0.4, 0.5) is 0 Å². The first-order valence-corrected chi connectivity index (χ1v) is 11.7. The Hall–Kier alpha value is -0.600. The fourth-order valence-corrected chi connectivity index (χ4v) is 6.21. The topological polar surface area (TPSA) is 40.5 Å². The first-order valence-electron chi connectivity index (χ1n) is 11.7. The summed E-state index contributed by atoms with van der Waals surface area (Å²) in [6.45, 7) is 8.50. The van der Waals surface area contributed by atoms with Crippen LogP contribution in [0.5, 0.6) is 0 Å². The number of unbranched alkanes of at least 4 members (excludes halogenated alkanes) is 1. The van der Waals surface area contributed by atoms with Crippen molar-refractivity contribution >= 4 is 0 Å². The average Bonchev–Trinajstić information content (AvgIpc) is 3.05. The predicted octanol–water partition coefficient (Wildman–Crippen LogP) is 6.03. The number of aliphatic hydroxyl groups is 2. The van der Waals surface area contributed by atoms with Crippen LogP contribution >= 0.6 is 0 Å². The maximum absolute atomic E-state index is 10.1. The van der Waals surface area contributed by atoms with Crippen molar-refractivity contribution in [2.45, 2.75) is 103 Å². The van der Waals surface area contributed by atoms with Gasteiger partial charge in [0, 0.05) is 0 Å². The minimum atomic E-state index is -0.555. The molecule has 0 aromatic rings. The molecule has 0 bridgehead atoms. The van der Waals surface area contributed by atoms with E-state index in [4.69, 9.17) is 0 Å². The van der Waals surface area contributed by atoms with Gasteiger partial charge in [-0.15, -0.1) is 0 Å². The highest BCUT2D eigenvalue weighted by molar-refractivity contribution is 5.23. The number of hydrogen-bond acceptors (Lipinski definition) is 2. The summed E-state index contributed by atoms with van der Waals surface area (Å²) in [6.07, 6.45) is 16.6. The second-order valence-corrected chi connectivity index (χ2v) is 10.1. The molecule has 0 heterocycles. The van der Waals surface area contributed by atoms with Crippen LogP contribution in [-0.4, -0.2) is 22.4 Å². The summed E-state index contributed by atoms with van der Waals surface area (Å²) >= 11 is 0. The lowest BCUT2D eigenvalue weighted by Crippen LogP contribution is -2.29. The molecule has 3 rings (SSSR count). The number of allylic oxidation sites excluding steroid dienone is 1. The van der Waals surface area contributed by atoms with E-state index in [0.29, 0.717) is 18.4 Å². The van der Waals surface area contributed by atoms with Gasteiger partial charge in [0.05, 0.1) is 12.2 Å². The average molecular weight is 375 g/mol. The van der Waals surface area contributed by atoms with E-state index in [9.17, 15) is 10.2 Å². The van der Waals surface area contributed by atoms with Gasteiger partial charge in [0.25, 0.3) is 0 Å². The van der Waals surface area contributed by atoms with Crippen molar-refractivity contribution in [2.75, 3.05) is 0 Å². The van der Waals surface area contributed by atoms with Gasteiger partial charge in [0.1, 0.15) is 0 Å². The molecular weight excluding hydrogens is 332 g/mol. The Balaban J connectivity index is 1.50. The third-order valence-corrected chi connectivity index (χ3v) is 7.83. The highest BCUT2D eigenvalue weighted by Crippen LogP contribution is 2.51. The smallest absolute Gasteiger partial charge is 0.0809 e. The standard InChI is InChI=1S/C25H42O2/c1-17(2)7-4-5-8-20-13-14-23-21(9-6-10-22(20)23)12-11-19-15-24(26)18(3)25(27)16-19/h11,17,20-27H,3-10,12-16H2,1-2H3/t20-,21?,22+,23-,24+,25+/m0/s1. The zero-order chi connectivity index (χ0) is 19.4. The summed E-state index contributed by atoms with van der Waals surface area (Å²) in [5.41, 5.74) is 1.84. The van der Waals surface area contributed by atoms with Crippen LogP contribution in [0.15, 0.2) is 23.8 Å². The van der Waals surface area contributed by atoms with Crippen LogP contribution in [0, 0.1) is 29.6 Å². The van der Waals surface area contributed by atoms with Crippen molar-refractivity contribution in [2.24, 2.45) is 29.6 Å². The van der Waals surface area contributed by atoms with Crippen LogP contribution in [0.25, 0.3) is 0 Å². The first-order chi connectivity index (χ1) is 13.0. The number of hydrogen-bond donors (Lipinski definition) is 2. The Bertz CT molecular complexity index is 504. The molecule has 6 atom stereocenters. The minimum absolute atomic E-state index is 0.555. The van der Waals surface area contributed by atoms with E-state index in [1.807, 2.05) is 0 Å². The molecule has 0 spiro atoms. The van der Waals surface area contributed by atoms with Crippen LogP contribution in [-0.2, 0) is 0 Å². The van der Waals surface area contributed by atoms with Crippen molar-refractivity contribution in [3.8, 4) is 0 Å². The van der Waals surface area contributed by atoms with Gasteiger partial charge in [0.15, 0.2) is 0 Å². The Morgan fingerprint density at radius 3 is 2.37 bits per heavy atom. The number of rotatable bonds is 7. The fourth-order valence-electron chi connectivity index (χ4n) is 6.21. The molecule has 0 aliphatic heterocycles. The quantitative estimate of drug-likeness (QED) is 0.422. The zero-order valence-electron chi connectivity index (χ0n) is 17.7. The van der Waals surface area contributed by atoms with E-state index in [0.717, 1.165) is 36.0 Å². The molecule has 3 aliphatic rings. The molecular formula is C25H42O2. The summed E-state index contributed by atoms with van der Waals surface area (Å²) < 4.78 is 0.